The van der Waals surface area contributed by atoms with E-state index in [1.54, 1.807) is 25.1 Å². The van der Waals surface area contributed by atoms with Gasteiger partial charge in [0.1, 0.15) is 18.2 Å². The SMILES string of the molecule is CC(=O)SCC=Cc1ccc(OCc2ccccc2F)cc1. The lowest BCUT2D eigenvalue weighted by Gasteiger charge is -2.07. The summed E-state index contributed by atoms with van der Waals surface area (Å²) in [4.78, 5) is 10.8. The largest absolute Gasteiger partial charge is 0.489 e. The highest BCUT2D eigenvalue weighted by atomic mass is 32.2. The third kappa shape index (κ3) is 5.37. The number of ether oxygens (including phenoxy) is 1. The molecule has 0 fully saturated rings. The van der Waals surface area contributed by atoms with Crippen LogP contribution < -0.4 is 4.74 Å². The zero-order valence-electron chi connectivity index (χ0n) is 12.3. The van der Waals surface area contributed by atoms with Crippen LogP contribution in [0.25, 0.3) is 6.08 Å². The van der Waals surface area contributed by atoms with Crippen LogP contribution in [0, 0.1) is 5.82 Å². The van der Waals surface area contributed by atoms with Crippen LogP contribution in [0.4, 0.5) is 4.39 Å². The summed E-state index contributed by atoms with van der Waals surface area (Å²) in [6.45, 7) is 1.76. The number of halogens is 1. The Bertz CT molecular complexity index is 650. The molecule has 114 valence electrons. The first-order valence-corrected chi connectivity index (χ1v) is 7.90. The molecule has 0 heterocycles. The fourth-order valence-electron chi connectivity index (χ4n) is 1.80. The van der Waals surface area contributed by atoms with Crippen molar-refractivity contribution in [3.05, 3.63) is 71.6 Å². The van der Waals surface area contributed by atoms with Crippen LogP contribution in [-0.4, -0.2) is 10.9 Å². The van der Waals surface area contributed by atoms with E-state index >= 15 is 0 Å². The highest BCUT2D eigenvalue weighted by molar-refractivity contribution is 8.13. The Morgan fingerprint density at radius 1 is 1.18 bits per heavy atom. The number of rotatable bonds is 6. The molecule has 0 aliphatic heterocycles. The van der Waals surface area contributed by atoms with Crippen LogP contribution in [0.1, 0.15) is 18.1 Å². The van der Waals surface area contributed by atoms with Crippen molar-refractivity contribution in [3.8, 4) is 5.75 Å². The normalized spacial score (nSPS) is 10.8. The lowest BCUT2D eigenvalue weighted by Crippen LogP contribution is -1.97. The Balaban J connectivity index is 1.87. The van der Waals surface area contributed by atoms with Gasteiger partial charge in [0, 0.05) is 18.2 Å². The van der Waals surface area contributed by atoms with E-state index in [2.05, 4.69) is 0 Å². The van der Waals surface area contributed by atoms with Crippen molar-refractivity contribution in [2.75, 3.05) is 5.75 Å². The molecule has 2 aromatic rings. The second kappa shape index (κ2) is 8.39. The summed E-state index contributed by atoms with van der Waals surface area (Å²) in [5, 5.41) is 0.113. The summed E-state index contributed by atoms with van der Waals surface area (Å²) in [6, 6.07) is 14.1. The predicted octanol–water partition coefficient (Wildman–Crippen LogP) is 4.70. The molecule has 22 heavy (non-hydrogen) atoms. The first-order chi connectivity index (χ1) is 10.6. The van der Waals surface area contributed by atoms with Gasteiger partial charge in [-0.1, -0.05) is 54.2 Å². The monoisotopic (exact) mass is 316 g/mol. The molecule has 0 aliphatic rings. The minimum absolute atomic E-state index is 0.113. The summed E-state index contributed by atoms with van der Waals surface area (Å²) >= 11 is 1.27. The summed E-state index contributed by atoms with van der Waals surface area (Å²) in [5.74, 6) is 1.10. The highest BCUT2D eigenvalue weighted by Gasteiger charge is 2.01. The standard InChI is InChI=1S/C18H17FO2S/c1-14(20)22-12-4-5-15-8-10-17(11-9-15)21-13-16-6-2-3-7-18(16)19/h2-11H,12-13H2,1H3. The average Bonchev–Trinajstić information content (AvgIpc) is 2.52. The summed E-state index contributed by atoms with van der Waals surface area (Å²) in [5.41, 5.74) is 1.56. The van der Waals surface area contributed by atoms with Gasteiger partial charge in [-0.3, -0.25) is 4.79 Å². The van der Waals surface area contributed by atoms with Crippen molar-refractivity contribution in [1.29, 1.82) is 0 Å². The van der Waals surface area contributed by atoms with E-state index in [1.807, 2.05) is 36.4 Å². The summed E-state index contributed by atoms with van der Waals surface area (Å²) in [6.07, 6.45) is 3.90. The van der Waals surface area contributed by atoms with Gasteiger partial charge in [0.05, 0.1) is 0 Å². The molecule has 0 N–H and O–H groups in total. The molecule has 4 heteroatoms. The fourth-order valence-corrected chi connectivity index (χ4v) is 2.23. The van der Waals surface area contributed by atoms with Crippen LogP contribution >= 0.6 is 11.8 Å². The molecular weight excluding hydrogens is 299 g/mol. The van der Waals surface area contributed by atoms with Crippen molar-refractivity contribution in [3.63, 3.8) is 0 Å². The van der Waals surface area contributed by atoms with Crippen molar-refractivity contribution in [1.82, 2.24) is 0 Å². The molecule has 0 bridgehead atoms. The number of hydrogen-bond donors (Lipinski definition) is 0. The van der Waals surface area contributed by atoms with Crippen LogP contribution in [-0.2, 0) is 11.4 Å². The number of thioether (sulfide) groups is 1. The Hall–Kier alpha value is -2.07. The second-order valence-corrected chi connectivity index (χ2v) is 5.85. The van der Waals surface area contributed by atoms with E-state index < -0.39 is 0 Å². The third-order valence-corrected chi connectivity index (χ3v) is 3.69. The van der Waals surface area contributed by atoms with Gasteiger partial charge in [-0.05, 0) is 23.8 Å². The van der Waals surface area contributed by atoms with Crippen molar-refractivity contribution < 1.29 is 13.9 Å². The molecule has 0 saturated heterocycles. The number of benzene rings is 2. The van der Waals surface area contributed by atoms with Gasteiger partial charge in [0.25, 0.3) is 0 Å². The Labute approximate surface area is 134 Å². The molecule has 0 aromatic heterocycles. The molecule has 0 amide bonds. The molecule has 0 atom stereocenters. The topological polar surface area (TPSA) is 26.3 Å². The Morgan fingerprint density at radius 2 is 1.91 bits per heavy atom. The van der Waals surface area contributed by atoms with Crippen molar-refractivity contribution in [2.24, 2.45) is 0 Å². The van der Waals surface area contributed by atoms with E-state index in [4.69, 9.17) is 4.74 Å². The van der Waals surface area contributed by atoms with Crippen LogP contribution in [0.2, 0.25) is 0 Å². The van der Waals surface area contributed by atoms with Gasteiger partial charge in [0.15, 0.2) is 5.12 Å². The van der Waals surface area contributed by atoms with Crippen LogP contribution in [0.15, 0.2) is 54.6 Å². The average molecular weight is 316 g/mol. The fraction of sp³-hybridized carbons (Fsp3) is 0.167. The van der Waals surface area contributed by atoms with Gasteiger partial charge < -0.3 is 4.74 Å². The quantitative estimate of drug-likeness (QED) is 0.773. The highest BCUT2D eigenvalue weighted by Crippen LogP contribution is 2.16. The van der Waals surface area contributed by atoms with E-state index in [1.165, 1.54) is 17.8 Å². The van der Waals surface area contributed by atoms with E-state index in [-0.39, 0.29) is 17.5 Å². The Morgan fingerprint density at radius 3 is 2.59 bits per heavy atom. The summed E-state index contributed by atoms with van der Waals surface area (Å²) < 4.78 is 19.0. The Kier molecular flexibility index (Phi) is 6.22. The molecule has 0 radical (unpaired) electrons. The smallest absolute Gasteiger partial charge is 0.186 e. The number of carbonyl (C=O) groups excluding carboxylic acids is 1. The predicted molar refractivity (Wildman–Crippen MR) is 89.3 cm³/mol. The van der Waals surface area contributed by atoms with Crippen LogP contribution in [0.3, 0.4) is 0 Å². The third-order valence-electron chi connectivity index (χ3n) is 2.93. The van der Waals surface area contributed by atoms with E-state index in [0.29, 0.717) is 17.1 Å². The van der Waals surface area contributed by atoms with Gasteiger partial charge in [-0.2, -0.15) is 0 Å². The molecule has 0 aliphatic carbocycles. The maximum Gasteiger partial charge on any atom is 0.186 e. The van der Waals surface area contributed by atoms with E-state index in [0.717, 1.165) is 5.56 Å². The maximum atomic E-state index is 13.5. The minimum atomic E-state index is -0.259. The first-order valence-electron chi connectivity index (χ1n) is 6.91. The van der Waals surface area contributed by atoms with E-state index in [9.17, 15) is 9.18 Å². The number of carbonyl (C=O) groups is 1. The van der Waals surface area contributed by atoms with Crippen molar-refractivity contribution >= 4 is 23.0 Å². The van der Waals surface area contributed by atoms with Gasteiger partial charge >= 0.3 is 0 Å². The van der Waals surface area contributed by atoms with Crippen LogP contribution in [0.5, 0.6) is 5.75 Å². The molecule has 0 saturated carbocycles. The molecule has 2 aromatic carbocycles. The zero-order valence-corrected chi connectivity index (χ0v) is 13.1. The van der Waals surface area contributed by atoms with Gasteiger partial charge in [-0.15, -0.1) is 0 Å². The summed E-state index contributed by atoms with van der Waals surface area (Å²) in [7, 11) is 0. The number of hydrogen-bond acceptors (Lipinski definition) is 3. The first kappa shape index (κ1) is 16.3. The van der Waals surface area contributed by atoms with Crippen molar-refractivity contribution in [2.45, 2.75) is 13.5 Å². The van der Waals surface area contributed by atoms with Gasteiger partial charge in [-0.25, -0.2) is 4.39 Å². The lowest BCUT2D eigenvalue weighted by atomic mass is 10.2. The molecule has 2 rings (SSSR count). The lowest BCUT2D eigenvalue weighted by molar-refractivity contribution is -0.109. The molecule has 0 spiro atoms. The molecular formula is C18H17FO2S. The second-order valence-electron chi connectivity index (χ2n) is 4.65. The molecule has 2 nitrogen and oxygen atoms in total. The molecule has 0 unspecified atom stereocenters. The minimum Gasteiger partial charge on any atom is -0.489 e. The maximum absolute atomic E-state index is 13.5. The van der Waals surface area contributed by atoms with Gasteiger partial charge in [0.2, 0.25) is 0 Å². The zero-order chi connectivity index (χ0) is 15.8.